The van der Waals surface area contributed by atoms with Gasteiger partial charge in [-0.05, 0) is 25.3 Å². The van der Waals surface area contributed by atoms with E-state index in [9.17, 15) is 0 Å². The lowest BCUT2D eigenvalue weighted by molar-refractivity contribution is 0.275. The van der Waals surface area contributed by atoms with Crippen molar-refractivity contribution in [3.05, 3.63) is 12.2 Å². The molecule has 1 nitrogen and oxygen atoms in total. The van der Waals surface area contributed by atoms with Gasteiger partial charge in [0.25, 0.3) is 0 Å². The third kappa shape index (κ3) is 1.34. The summed E-state index contributed by atoms with van der Waals surface area (Å²) in [7, 11) is 0. The van der Waals surface area contributed by atoms with Crippen LogP contribution in [0.15, 0.2) is 12.2 Å². The minimum atomic E-state index is 0.812. The van der Waals surface area contributed by atoms with E-state index in [0.29, 0.717) is 0 Å². The van der Waals surface area contributed by atoms with E-state index in [-0.39, 0.29) is 0 Å². The molecule has 0 aromatic carbocycles. The maximum atomic E-state index is 2.63. The molecular formula is C10H17N. The highest BCUT2D eigenvalue weighted by Crippen LogP contribution is 2.31. The zero-order chi connectivity index (χ0) is 7.68. The summed E-state index contributed by atoms with van der Waals surface area (Å²) >= 11 is 0. The Morgan fingerprint density at radius 1 is 1.45 bits per heavy atom. The van der Waals surface area contributed by atoms with Crippen LogP contribution in [-0.4, -0.2) is 24.0 Å². The van der Waals surface area contributed by atoms with Gasteiger partial charge in [0.15, 0.2) is 0 Å². The summed E-state index contributed by atoms with van der Waals surface area (Å²) in [6.45, 7) is 4.92. The van der Waals surface area contributed by atoms with Crippen molar-refractivity contribution in [2.75, 3.05) is 13.1 Å². The molecule has 62 valence electrons. The molecule has 1 saturated heterocycles. The van der Waals surface area contributed by atoms with Gasteiger partial charge in [-0.3, -0.25) is 4.90 Å². The number of nitrogens with zero attached hydrogens (tertiary/aromatic N) is 1. The van der Waals surface area contributed by atoms with Crippen LogP contribution < -0.4 is 0 Å². The maximum Gasteiger partial charge on any atom is 0.0284 e. The first-order chi connectivity index (χ1) is 5.40. The zero-order valence-corrected chi connectivity index (χ0v) is 7.29. The van der Waals surface area contributed by atoms with Crippen LogP contribution >= 0.6 is 0 Å². The van der Waals surface area contributed by atoms with Crippen LogP contribution in [0.4, 0.5) is 0 Å². The SMILES string of the molecule is CCCCN1CC2C=CC1C2. The van der Waals surface area contributed by atoms with Gasteiger partial charge in [0, 0.05) is 12.6 Å². The van der Waals surface area contributed by atoms with Gasteiger partial charge in [-0.1, -0.05) is 25.5 Å². The molecule has 1 heterocycles. The van der Waals surface area contributed by atoms with Gasteiger partial charge in [-0.2, -0.15) is 0 Å². The maximum absolute atomic E-state index is 2.63. The first-order valence-electron chi connectivity index (χ1n) is 4.82. The third-order valence-corrected chi connectivity index (χ3v) is 2.89. The van der Waals surface area contributed by atoms with Gasteiger partial charge in [0.2, 0.25) is 0 Å². The molecule has 2 unspecified atom stereocenters. The minimum absolute atomic E-state index is 0.812. The summed E-state index contributed by atoms with van der Waals surface area (Å²) in [4.78, 5) is 2.63. The number of hydrogen-bond donors (Lipinski definition) is 0. The Bertz CT molecular complexity index is 162. The smallest absolute Gasteiger partial charge is 0.0284 e. The van der Waals surface area contributed by atoms with Crippen LogP contribution in [0, 0.1) is 5.92 Å². The number of likely N-dealkylation sites (tertiary alicyclic amines) is 1. The van der Waals surface area contributed by atoms with Gasteiger partial charge in [0.1, 0.15) is 0 Å². The van der Waals surface area contributed by atoms with Crippen LogP contribution in [0.3, 0.4) is 0 Å². The topological polar surface area (TPSA) is 3.24 Å². The molecule has 0 aromatic rings. The van der Waals surface area contributed by atoms with Gasteiger partial charge < -0.3 is 0 Å². The highest BCUT2D eigenvalue weighted by molar-refractivity contribution is 5.12. The van der Waals surface area contributed by atoms with Gasteiger partial charge >= 0.3 is 0 Å². The lowest BCUT2D eigenvalue weighted by atomic mass is 10.2. The van der Waals surface area contributed by atoms with E-state index >= 15 is 0 Å². The van der Waals surface area contributed by atoms with Crippen molar-refractivity contribution < 1.29 is 0 Å². The molecule has 1 fully saturated rings. The van der Waals surface area contributed by atoms with Crippen LogP contribution in [0.5, 0.6) is 0 Å². The highest BCUT2D eigenvalue weighted by atomic mass is 15.2. The van der Waals surface area contributed by atoms with E-state index < -0.39 is 0 Å². The third-order valence-electron chi connectivity index (χ3n) is 2.89. The fraction of sp³-hybridized carbons (Fsp3) is 0.800. The minimum Gasteiger partial charge on any atom is -0.296 e. The molecule has 2 bridgehead atoms. The second-order valence-corrected chi connectivity index (χ2v) is 3.80. The van der Waals surface area contributed by atoms with Crippen molar-refractivity contribution in [3.8, 4) is 0 Å². The first-order valence-corrected chi connectivity index (χ1v) is 4.82. The molecule has 2 atom stereocenters. The zero-order valence-electron chi connectivity index (χ0n) is 7.29. The summed E-state index contributed by atoms with van der Waals surface area (Å²) in [6, 6.07) is 0.812. The molecule has 0 N–H and O–H groups in total. The lowest BCUT2D eigenvalue weighted by Crippen LogP contribution is -2.30. The Morgan fingerprint density at radius 3 is 2.91 bits per heavy atom. The molecule has 1 aliphatic heterocycles. The Balaban J connectivity index is 1.84. The van der Waals surface area contributed by atoms with E-state index in [0.717, 1.165) is 12.0 Å². The van der Waals surface area contributed by atoms with Gasteiger partial charge in [-0.25, -0.2) is 0 Å². The summed E-state index contributed by atoms with van der Waals surface area (Å²) in [5, 5.41) is 0. The Hall–Kier alpha value is -0.300. The van der Waals surface area contributed by atoms with E-state index in [4.69, 9.17) is 0 Å². The van der Waals surface area contributed by atoms with Crippen molar-refractivity contribution in [1.82, 2.24) is 4.90 Å². The Morgan fingerprint density at radius 2 is 2.36 bits per heavy atom. The molecule has 0 spiro atoms. The molecule has 2 rings (SSSR count). The molecule has 0 amide bonds. The standard InChI is InChI=1S/C10H17N/c1-2-3-6-11-8-9-4-5-10(11)7-9/h4-5,9-10H,2-3,6-8H2,1H3. The molecule has 1 heteroatoms. The second-order valence-electron chi connectivity index (χ2n) is 3.80. The highest BCUT2D eigenvalue weighted by Gasteiger charge is 2.32. The molecule has 0 saturated carbocycles. The van der Waals surface area contributed by atoms with E-state index in [1.165, 1.54) is 32.4 Å². The fourth-order valence-electron chi connectivity index (χ4n) is 2.21. The molecule has 1 aliphatic carbocycles. The first kappa shape index (κ1) is 7.35. The number of unbranched alkanes of at least 4 members (excludes halogenated alkanes) is 1. The van der Waals surface area contributed by atoms with Gasteiger partial charge in [0.05, 0.1) is 0 Å². The van der Waals surface area contributed by atoms with Crippen molar-refractivity contribution in [2.45, 2.75) is 32.2 Å². The predicted octanol–water partition coefficient (Wildman–Crippen LogP) is 2.05. The Kier molecular flexibility index (Phi) is 1.99. The molecular weight excluding hydrogens is 134 g/mol. The van der Waals surface area contributed by atoms with Crippen LogP contribution in [0.25, 0.3) is 0 Å². The summed E-state index contributed by atoms with van der Waals surface area (Å²) < 4.78 is 0. The number of hydrogen-bond acceptors (Lipinski definition) is 1. The normalized spacial score (nSPS) is 35.4. The van der Waals surface area contributed by atoms with E-state index in [1.54, 1.807) is 0 Å². The average molecular weight is 151 g/mol. The van der Waals surface area contributed by atoms with Crippen molar-refractivity contribution >= 4 is 0 Å². The van der Waals surface area contributed by atoms with Crippen molar-refractivity contribution in [1.29, 1.82) is 0 Å². The molecule has 0 aromatic heterocycles. The summed E-state index contributed by atoms with van der Waals surface area (Å²) in [6.07, 6.45) is 8.90. The monoisotopic (exact) mass is 151 g/mol. The fourth-order valence-corrected chi connectivity index (χ4v) is 2.21. The van der Waals surface area contributed by atoms with E-state index in [1.807, 2.05) is 0 Å². The number of fused-ring (bicyclic) bond motifs is 2. The van der Waals surface area contributed by atoms with Crippen LogP contribution in [0.1, 0.15) is 26.2 Å². The summed E-state index contributed by atoms with van der Waals surface area (Å²) in [5.74, 6) is 0.900. The quantitative estimate of drug-likeness (QED) is 0.558. The second kappa shape index (κ2) is 2.98. The molecule has 0 radical (unpaired) electrons. The number of rotatable bonds is 3. The van der Waals surface area contributed by atoms with Crippen molar-refractivity contribution in [2.24, 2.45) is 5.92 Å². The van der Waals surface area contributed by atoms with Crippen LogP contribution in [0.2, 0.25) is 0 Å². The predicted molar refractivity (Wildman–Crippen MR) is 47.5 cm³/mol. The molecule has 2 aliphatic rings. The average Bonchev–Trinajstić information content (AvgIpc) is 2.60. The Labute approximate surface area is 69.1 Å². The largest absolute Gasteiger partial charge is 0.296 e. The lowest BCUT2D eigenvalue weighted by Gasteiger charge is -2.22. The van der Waals surface area contributed by atoms with Crippen LogP contribution in [-0.2, 0) is 0 Å². The van der Waals surface area contributed by atoms with E-state index in [2.05, 4.69) is 24.0 Å². The van der Waals surface area contributed by atoms with Gasteiger partial charge in [-0.15, -0.1) is 0 Å². The van der Waals surface area contributed by atoms with Crippen molar-refractivity contribution in [3.63, 3.8) is 0 Å². The molecule has 11 heavy (non-hydrogen) atoms. The summed E-state index contributed by atoms with van der Waals surface area (Å²) in [5.41, 5.74) is 0.